The highest BCUT2D eigenvalue weighted by molar-refractivity contribution is 7.91. The Labute approximate surface area is 66.1 Å². The number of rotatable bonds is 2. The van der Waals surface area contributed by atoms with Gasteiger partial charge in [-0.05, 0) is 6.92 Å². The van der Waals surface area contributed by atoms with Gasteiger partial charge in [0.05, 0.1) is 11.5 Å². The first-order chi connectivity index (χ1) is 5.14. The van der Waals surface area contributed by atoms with Crippen molar-refractivity contribution < 1.29 is 13.3 Å². The smallest absolute Gasteiger partial charge is 0.154 e. The van der Waals surface area contributed by atoms with E-state index in [0.717, 1.165) is 0 Å². The van der Waals surface area contributed by atoms with E-state index in [2.05, 4.69) is 5.16 Å². The highest BCUT2D eigenvalue weighted by atomic mass is 32.2. The van der Waals surface area contributed by atoms with Crippen molar-refractivity contribution >= 4 is 16.1 Å². The molecule has 0 N–H and O–H groups in total. The fourth-order valence-electron chi connectivity index (χ4n) is 0.991. The van der Waals surface area contributed by atoms with E-state index in [-0.39, 0.29) is 17.6 Å². The highest BCUT2D eigenvalue weighted by Gasteiger charge is 2.29. The van der Waals surface area contributed by atoms with Crippen molar-refractivity contribution in [2.75, 3.05) is 11.5 Å². The second-order valence-corrected chi connectivity index (χ2v) is 4.72. The highest BCUT2D eigenvalue weighted by Crippen LogP contribution is 2.14. The Bertz CT molecular complexity index is 245. The standard InChI is InChI=1S/C6H11NO3S/c1-2-7-10-6-3-4-11(8,9)5-6/h2,6H,3-5H2,1H3/b7-2+. The Kier molecular flexibility index (Phi) is 2.49. The quantitative estimate of drug-likeness (QED) is 0.447. The summed E-state index contributed by atoms with van der Waals surface area (Å²) in [6, 6.07) is 0. The van der Waals surface area contributed by atoms with Crippen LogP contribution in [0.3, 0.4) is 0 Å². The van der Waals surface area contributed by atoms with Gasteiger partial charge in [-0.1, -0.05) is 5.16 Å². The average molecular weight is 177 g/mol. The molecule has 64 valence electrons. The Balaban J connectivity index is 2.43. The zero-order valence-electron chi connectivity index (χ0n) is 6.36. The van der Waals surface area contributed by atoms with Crippen molar-refractivity contribution in [3.8, 4) is 0 Å². The van der Waals surface area contributed by atoms with Crippen LogP contribution in [0.25, 0.3) is 0 Å². The van der Waals surface area contributed by atoms with Crippen molar-refractivity contribution in [2.45, 2.75) is 19.4 Å². The number of sulfone groups is 1. The molecule has 1 saturated heterocycles. The van der Waals surface area contributed by atoms with Crippen molar-refractivity contribution in [2.24, 2.45) is 5.16 Å². The van der Waals surface area contributed by atoms with Crippen LogP contribution >= 0.6 is 0 Å². The van der Waals surface area contributed by atoms with E-state index < -0.39 is 9.84 Å². The molecule has 0 aliphatic carbocycles. The third-order valence-electron chi connectivity index (χ3n) is 1.51. The molecule has 1 unspecified atom stereocenters. The van der Waals surface area contributed by atoms with Gasteiger partial charge in [0.2, 0.25) is 0 Å². The van der Waals surface area contributed by atoms with E-state index in [1.165, 1.54) is 6.21 Å². The maximum Gasteiger partial charge on any atom is 0.154 e. The van der Waals surface area contributed by atoms with Gasteiger partial charge in [-0.3, -0.25) is 0 Å². The summed E-state index contributed by atoms with van der Waals surface area (Å²) in [5.41, 5.74) is 0. The van der Waals surface area contributed by atoms with Crippen LogP contribution in [0.4, 0.5) is 0 Å². The molecular formula is C6H11NO3S. The summed E-state index contributed by atoms with van der Waals surface area (Å²) < 4.78 is 21.7. The molecule has 1 fully saturated rings. The Morgan fingerprint density at radius 2 is 2.36 bits per heavy atom. The topological polar surface area (TPSA) is 55.7 Å². The molecule has 0 aromatic rings. The van der Waals surface area contributed by atoms with Gasteiger partial charge in [-0.2, -0.15) is 0 Å². The number of oxime groups is 1. The summed E-state index contributed by atoms with van der Waals surface area (Å²) in [7, 11) is -2.82. The first-order valence-corrected chi connectivity index (χ1v) is 5.30. The van der Waals surface area contributed by atoms with Crippen LogP contribution in [0.5, 0.6) is 0 Å². The van der Waals surface area contributed by atoms with Crippen LogP contribution < -0.4 is 0 Å². The SMILES string of the molecule is C/C=N/OC1CCS(=O)(=O)C1. The molecule has 1 rings (SSSR count). The van der Waals surface area contributed by atoms with Crippen molar-refractivity contribution in [3.05, 3.63) is 0 Å². The lowest BCUT2D eigenvalue weighted by molar-refractivity contribution is 0.0788. The predicted molar refractivity (Wildman–Crippen MR) is 42.3 cm³/mol. The third kappa shape index (κ3) is 2.49. The van der Waals surface area contributed by atoms with Crippen LogP contribution in [0.2, 0.25) is 0 Å². The summed E-state index contributed by atoms with van der Waals surface area (Å²) in [6.45, 7) is 1.73. The lowest BCUT2D eigenvalue weighted by Crippen LogP contribution is -2.11. The van der Waals surface area contributed by atoms with Gasteiger partial charge in [0.1, 0.15) is 6.10 Å². The molecule has 0 saturated carbocycles. The van der Waals surface area contributed by atoms with Gasteiger partial charge in [-0.15, -0.1) is 0 Å². The zero-order chi connectivity index (χ0) is 8.32. The minimum Gasteiger partial charge on any atom is -0.392 e. The summed E-state index contributed by atoms with van der Waals surface area (Å²) in [6.07, 6.45) is 1.85. The van der Waals surface area contributed by atoms with E-state index in [0.29, 0.717) is 6.42 Å². The van der Waals surface area contributed by atoms with Gasteiger partial charge in [0.25, 0.3) is 0 Å². The minimum atomic E-state index is -2.82. The summed E-state index contributed by atoms with van der Waals surface area (Å²) in [5, 5.41) is 3.53. The molecule has 1 aliphatic heterocycles. The first kappa shape index (κ1) is 8.52. The second kappa shape index (κ2) is 3.21. The fraction of sp³-hybridized carbons (Fsp3) is 0.833. The van der Waals surface area contributed by atoms with E-state index in [1.807, 2.05) is 0 Å². The summed E-state index contributed by atoms with van der Waals surface area (Å²) >= 11 is 0. The molecule has 1 aliphatic rings. The summed E-state index contributed by atoms with van der Waals surface area (Å²) in [5.74, 6) is 0.348. The summed E-state index contributed by atoms with van der Waals surface area (Å²) in [4.78, 5) is 4.88. The fourth-order valence-corrected chi connectivity index (χ4v) is 2.57. The van der Waals surface area contributed by atoms with E-state index in [9.17, 15) is 8.42 Å². The van der Waals surface area contributed by atoms with Gasteiger partial charge in [-0.25, -0.2) is 8.42 Å². The van der Waals surface area contributed by atoms with Crippen LogP contribution in [0.15, 0.2) is 5.16 Å². The molecule has 0 aromatic heterocycles. The molecule has 1 atom stereocenters. The molecule has 1 heterocycles. The van der Waals surface area contributed by atoms with E-state index in [4.69, 9.17) is 4.84 Å². The van der Waals surface area contributed by atoms with Gasteiger partial charge >= 0.3 is 0 Å². The Morgan fingerprint density at radius 1 is 1.64 bits per heavy atom. The Morgan fingerprint density at radius 3 is 2.82 bits per heavy atom. The molecule has 0 radical (unpaired) electrons. The number of nitrogens with zero attached hydrogens (tertiary/aromatic N) is 1. The lowest BCUT2D eigenvalue weighted by Gasteiger charge is -2.02. The van der Waals surface area contributed by atoms with Crippen LogP contribution in [0.1, 0.15) is 13.3 Å². The normalized spacial score (nSPS) is 29.4. The van der Waals surface area contributed by atoms with Crippen LogP contribution in [0, 0.1) is 0 Å². The molecule has 0 aromatic carbocycles. The predicted octanol–water partition coefficient (Wildman–Crippen LogP) is 0.196. The molecule has 0 amide bonds. The molecule has 0 spiro atoms. The van der Waals surface area contributed by atoms with Crippen molar-refractivity contribution in [1.82, 2.24) is 0 Å². The molecule has 5 heteroatoms. The minimum absolute atomic E-state index is 0.115. The largest absolute Gasteiger partial charge is 0.392 e. The first-order valence-electron chi connectivity index (χ1n) is 3.48. The average Bonchev–Trinajstić information content (AvgIpc) is 2.26. The monoisotopic (exact) mass is 177 g/mol. The molecular weight excluding hydrogens is 166 g/mol. The zero-order valence-corrected chi connectivity index (χ0v) is 7.17. The lowest BCUT2D eigenvalue weighted by atomic mass is 10.3. The van der Waals surface area contributed by atoms with Crippen LogP contribution in [-0.4, -0.2) is 32.2 Å². The number of hydrogen-bond acceptors (Lipinski definition) is 4. The van der Waals surface area contributed by atoms with Crippen molar-refractivity contribution in [3.63, 3.8) is 0 Å². The number of hydrogen-bond donors (Lipinski definition) is 0. The van der Waals surface area contributed by atoms with Gasteiger partial charge in [0.15, 0.2) is 9.84 Å². The maximum absolute atomic E-state index is 10.9. The molecule has 4 nitrogen and oxygen atoms in total. The Hall–Kier alpha value is -0.580. The van der Waals surface area contributed by atoms with Gasteiger partial charge in [0, 0.05) is 12.6 Å². The van der Waals surface area contributed by atoms with Crippen LogP contribution in [-0.2, 0) is 14.7 Å². The molecule has 11 heavy (non-hydrogen) atoms. The maximum atomic E-state index is 10.9. The van der Waals surface area contributed by atoms with Gasteiger partial charge < -0.3 is 4.84 Å². The molecule has 0 bridgehead atoms. The van der Waals surface area contributed by atoms with E-state index in [1.54, 1.807) is 6.92 Å². The van der Waals surface area contributed by atoms with E-state index >= 15 is 0 Å². The second-order valence-electron chi connectivity index (χ2n) is 2.49. The third-order valence-corrected chi connectivity index (χ3v) is 3.24. The van der Waals surface area contributed by atoms with Crippen molar-refractivity contribution in [1.29, 1.82) is 0 Å².